The fraction of sp³-hybridized carbons (Fsp3) is 0.364. The molecule has 5 heteroatoms. The fourth-order valence-corrected chi connectivity index (χ4v) is 1.40. The van der Waals surface area contributed by atoms with E-state index < -0.39 is 29.6 Å². The van der Waals surface area contributed by atoms with Crippen LogP contribution in [0.4, 0.5) is 8.78 Å². The molecule has 0 aliphatic rings. The molecule has 1 aromatic rings. The summed E-state index contributed by atoms with van der Waals surface area (Å²) in [6.07, 6.45) is 0. The number of nitrogens with one attached hydrogen (secondary N) is 1. The van der Waals surface area contributed by atoms with Crippen LogP contribution in [0.3, 0.4) is 0 Å². The number of primary amides is 1. The molecule has 2 unspecified atom stereocenters. The van der Waals surface area contributed by atoms with E-state index in [0.29, 0.717) is 5.56 Å². The number of halogens is 2. The largest absolute Gasteiger partial charge is 0.368 e. The number of hydrogen-bond donors (Lipinski definition) is 2. The van der Waals surface area contributed by atoms with Crippen molar-refractivity contribution >= 4 is 5.91 Å². The first-order valence-corrected chi connectivity index (χ1v) is 4.92. The van der Waals surface area contributed by atoms with E-state index in [0.717, 1.165) is 6.07 Å². The van der Waals surface area contributed by atoms with Crippen molar-refractivity contribution in [3.63, 3.8) is 0 Å². The lowest BCUT2D eigenvalue weighted by Crippen LogP contribution is -2.40. The molecule has 0 saturated heterocycles. The summed E-state index contributed by atoms with van der Waals surface area (Å²) in [6, 6.07) is 2.34. The van der Waals surface area contributed by atoms with Crippen LogP contribution in [0.5, 0.6) is 0 Å². The number of hydrogen-bond acceptors (Lipinski definition) is 2. The Morgan fingerprint density at radius 2 is 2.00 bits per heavy atom. The van der Waals surface area contributed by atoms with Gasteiger partial charge < -0.3 is 5.73 Å². The number of carbonyl (C=O) groups excluding carboxylic acids is 1. The monoisotopic (exact) mass is 228 g/mol. The van der Waals surface area contributed by atoms with Crippen molar-refractivity contribution in [1.82, 2.24) is 5.32 Å². The predicted molar refractivity (Wildman–Crippen MR) is 56.6 cm³/mol. The van der Waals surface area contributed by atoms with E-state index >= 15 is 0 Å². The molecule has 1 rings (SSSR count). The highest BCUT2D eigenvalue weighted by Crippen LogP contribution is 2.17. The number of nitrogens with two attached hydrogens (primary N) is 1. The summed E-state index contributed by atoms with van der Waals surface area (Å²) in [4.78, 5) is 10.8. The number of rotatable bonds is 4. The molecule has 0 bridgehead atoms. The van der Waals surface area contributed by atoms with Gasteiger partial charge >= 0.3 is 0 Å². The highest BCUT2D eigenvalue weighted by Gasteiger charge is 2.16. The minimum absolute atomic E-state index is 0.300. The normalized spacial score (nSPS) is 14.5. The van der Waals surface area contributed by atoms with E-state index in [9.17, 15) is 13.6 Å². The Bertz CT molecular complexity index is 396. The molecule has 0 radical (unpaired) electrons. The average molecular weight is 228 g/mol. The van der Waals surface area contributed by atoms with Gasteiger partial charge in [-0.1, -0.05) is 6.07 Å². The van der Waals surface area contributed by atoms with Gasteiger partial charge in [-0.3, -0.25) is 10.1 Å². The van der Waals surface area contributed by atoms with Gasteiger partial charge in [-0.25, -0.2) is 8.78 Å². The predicted octanol–water partition coefficient (Wildman–Crippen LogP) is 1.49. The summed E-state index contributed by atoms with van der Waals surface area (Å²) in [5.41, 5.74) is 5.37. The lowest BCUT2D eigenvalue weighted by atomic mass is 10.1. The Balaban J connectivity index is 2.80. The second kappa shape index (κ2) is 5.03. The molecule has 3 nitrogen and oxygen atoms in total. The first-order valence-electron chi connectivity index (χ1n) is 4.92. The van der Waals surface area contributed by atoms with Crippen molar-refractivity contribution < 1.29 is 13.6 Å². The van der Waals surface area contributed by atoms with Gasteiger partial charge in [0, 0.05) is 17.7 Å². The van der Waals surface area contributed by atoms with Gasteiger partial charge in [0.1, 0.15) is 11.6 Å². The van der Waals surface area contributed by atoms with Gasteiger partial charge in [0.2, 0.25) is 5.91 Å². The fourth-order valence-electron chi connectivity index (χ4n) is 1.40. The standard InChI is InChI=1S/C11H14F2N2O/c1-6(15-7(2)11(14)16)9-4-3-8(12)5-10(9)13/h3-7,15H,1-2H3,(H2,14,16). The van der Waals surface area contributed by atoms with Crippen molar-refractivity contribution in [2.75, 3.05) is 0 Å². The molecule has 3 N–H and O–H groups in total. The molecule has 0 spiro atoms. The Hall–Kier alpha value is -1.49. The lowest BCUT2D eigenvalue weighted by molar-refractivity contribution is -0.119. The van der Waals surface area contributed by atoms with Crippen LogP contribution in [0.25, 0.3) is 0 Å². The number of carbonyl (C=O) groups is 1. The minimum atomic E-state index is -0.642. The summed E-state index contributed by atoms with van der Waals surface area (Å²) < 4.78 is 26.0. The summed E-state index contributed by atoms with van der Waals surface area (Å²) in [5.74, 6) is -1.79. The maximum absolute atomic E-state index is 13.4. The van der Waals surface area contributed by atoms with Crippen LogP contribution < -0.4 is 11.1 Å². The number of amides is 1. The molecule has 0 heterocycles. The van der Waals surface area contributed by atoms with E-state index in [1.54, 1.807) is 13.8 Å². The van der Waals surface area contributed by atoms with Crippen LogP contribution in [-0.2, 0) is 4.79 Å². The summed E-state index contributed by atoms with van der Waals surface area (Å²) in [5, 5.41) is 2.82. The van der Waals surface area contributed by atoms with Crippen LogP contribution in [0, 0.1) is 11.6 Å². The second-order valence-corrected chi connectivity index (χ2v) is 3.68. The third kappa shape index (κ3) is 3.00. The SMILES string of the molecule is CC(NC(C)c1ccc(F)cc1F)C(N)=O. The summed E-state index contributed by atoms with van der Waals surface area (Å²) in [7, 11) is 0. The van der Waals surface area contributed by atoms with Gasteiger partial charge in [-0.05, 0) is 19.9 Å². The van der Waals surface area contributed by atoms with Gasteiger partial charge in [0.15, 0.2) is 0 Å². The van der Waals surface area contributed by atoms with Gasteiger partial charge in [-0.2, -0.15) is 0 Å². The zero-order valence-electron chi connectivity index (χ0n) is 9.13. The van der Waals surface area contributed by atoms with Crippen molar-refractivity contribution in [2.45, 2.75) is 25.9 Å². The minimum Gasteiger partial charge on any atom is -0.368 e. The maximum Gasteiger partial charge on any atom is 0.234 e. The molecule has 16 heavy (non-hydrogen) atoms. The molecule has 2 atom stereocenters. The second-order valence-electron chi connectivity index (χ2n) is 3.68. The number of benzene rings is 1. The molecule has 0 aliphatic carbocycles. The average Bonchev–Trinajstić information content (AvgIpc) is 2.16. The van der Waals surface area contributed by atoms with Gasteiger partial charge in [-0.15, -0.1) is 0 Å². The van der Waals surface area contributed by atoms with E-state index in [1.165, 1.54) is 12.1 Å². The van der Waals surface area contributed by atoms with Gasteiger partial charge in [0.25, 0.3) is 0 Å². The third-order valence-corrected chi connectivity index (χ3v) is 2.36. The molecule has 0 aromatic heterocycles. The van der Waals surface area contributed by atoms with Crippen molar-refractivity contribution in [1.29, 1.82) is 0 Å². The van der Waals surface area contributed by atoms with Crippen molar-refractivity contribution in [2.24, 2.45) is 5.73 Å². The smallest absolute Gasteiger partial charge is 0.234 e. The highest BCUT2D eigenvalue weighted by molar-refractivity contribution is 5.79. The molecule has 1 amide bonds. The molecule has 0 fully saturated rings. The molecular formula is C11H14F2N2O. The van der Waals surface area contributed by atoms with Gasteiger partial charge in [0.05, 0.1) is 6.04 Å². The third-order valence-electron chi connectivity index (χ3n) is 2.36. The van der Waals surface area contributed by atoms with Crippen molar-refractivity contribution in [3.8, 4) is 0 Å². The van der Waals surface area contributed by atoms with Crippen LogP contribution in [-0.4, -0.2) is 11.9 Å². The van der Waals surface area contributed by atoms with Crippen molar-refractivity contribution in [3.05, 3.63) is 35.4 Å². The first kappa shape index (κ1) is 12.6. The molecule has 0 aliphatic heterocycles. The quantitative estimate of drug-likeness (QED) is 0.820. The summed E-state index contributed by atoms with van der Waals surface area (Å²) in [6.45, 7) is 3.26. The zero-order chi connectivity index (χ0) is 12.3. The van der Waals surface area contributed by atoms with E-state index in [4.69, 9.17) is 5.73 Å². The van der Waals surface area contributed by atoms with E-state index in [-0.39, 0.29) is 0 Å². The van der Waals surface area contributed by atoms with Crippen LogP contribution in [0.1, 0.15) is 25.5 Å². The van der Waals surface area contributed by atoms with Crippen LogP contribution in [0.2, 0.25) is 0 Å². The van der Waals surface area contributed by atoms with E-state index in [2.05, 4.69) is 5.32 Å². The summed E-state index contributed by atoms with van der Waals surface area (Å²) >= 11 is 0. The molecule has 88 valence electrons. The molecule has 0 saturated carbocycles. The van der Waals surface area contributed by atoms with Crippen LogP contribution >= 0.6 is 0 Å². The van der Waals surface area contributed by atoms with Crippen LogP contribution in [0.15, 0.2) is 18.2 Å². The Kier molecular flexibility index (Phi) is 3.95. The Morgan fingerprint density at radius 3 is 2.50 bits per heavy atom. The zero-order valence-corrected chi connectivity index (χ0v) is 9.13. The Morgan fingerprint density at radius 1 is 1.38 bits per heavy atom. The maximum atomic E-state index is 13.4. The molecule has 1 aromatic carbocycles. The first-order chi connectivity index (χ1) is 7.41. The lowest BCUT2D eigenvalue weighted by Gasteiger charge is -2.18. The molecular weight excluding hydrogens is 214 g/mol. The Labute approximate surface area is 92.6 Å². The highest BCUT2D eigenvalue weighted by atomic mass is 19.1. The van der Waals surface area contributed by atoms with E-state index in [1.807, 2.05) is 0 Å². The topological polar surface area (TPSA) is 55.1 Å².